The van der Waals surface area contributed by atoms with Crippen molar-refractivity contribution >= 4 is 10.9 Å². The predicted octanol–water partition coefficient (Wildman–Crippen LogP) is 3.50. The molecule has 1 N–H and O–H groups in total. The largest absolute Gasteiger partial charge is 0.395 e. The zero-order valence-electron chi connectivity index (χ0n) is 12.8. The summed E-state index contributed by atoms with van der Waals surface area (Å²) in [6, 6.07) is 7.42. The number of hydrogen-bond donors (Lipinski definition) is 1. The Hall–Kier alpha value is -1.52. The maximum Gasteiger partial charge on any atom is 0.132 e. The number of aliphatic hydroxyl groups excluding tert-OH is 1. The quantitative estimate of drug-likeness (QED) is 0.918. The van der Waals surface area contributed by atoms with Crippen LogP contribution in [0.25, 0.3) is 10.9 Å². The summed E-state index contributed by atoms with van der Waals surface area (Å²) in [5.41, 5.74) is 1.78. The third-order valence-electron chi connectivity index (χ3n) is 4.65. The van der Waals surface area contributed by atoms with Gasteiger partial charge in [0.05, 0.1) is 12.1 Å². The molecule has 1 aromatic carbocycles. The molecule has 0 radical (unpaired) electrons. The molecule has 0 aliphatic heterocycles. The van der Waals surface area contributed by atoms with Gasteiger partial charge in [-0.15, -0.1) is 0 Å². The fraction of sp³-hybridized carbons (Fsp3) is 0.500. The number of aromatic nitrogens is 1. The van der Waals surface area contributed by atoms with Gasteiger partial charge in [-0.05, 0) is 36.6 Å². The highest BCUT2D eigenvalue weighted by Crippen LogP contribution is 2.26. The van der Waals surface area contributed by atoms with E-state index >= 15 is 0 Å². The maximum absolute atomic E-state index is 13.9. The van der Waals surface area contributed by atoms with E-state index in [-0.39, 0.29) is 12.4 Å². The van der Waals surface area contributed by atoms with E-state index in [0.29, 0.717) is 18.0 Å². The Morgan fingerprint density at radius 3 is 2.77 bits per heavy atom. The van der Waals surface area contributed by atoms with Crippen LogP contribution in [-0.4, -0.2) is 34.2 Å². The highest BCUT2D eigenvalue weighted by Gasteiger charge is 2.21. The van der Waals surface area contributed by atoms with Crippen LogP contribution in [0, 0.1) is 5.82 Å². The molecule has 1 fully saturated rings. The molecule has 22 heavy (non-hydrogen) atoms. The first kappa shape index (κ1) is 15.4. The Morgan fingerprint density at radius 1 is 1.18 bits per heavy atom. The number of aliphatic hydroxyl groups is 1. The lowest BCUT2D eigenvalue weighted by Gasteiger charge is -2.34. The molecule has 0 atom stereocenters. The van der Waals surface area contributed by atoms with Crippen LogP contribution in [0.15, 0.2) is 30.5 Å². The number of nitrogens with zero attached hydrogens (tertiary/aromatic N) is 2. The van der Waals surface area contributed by atoms with Gasteiger partial charge in [0.1, 0.15) is 5.82 Å². The van der Waals surface area contributed by atoms with Gasteiger partial charge in [0, 0.05) is 30.7 Å². The number of benzene rings is 1. The molecule has 1 heterocycles. The van der Waals surface area contributed by atoms with Crippen molar-refractivity contribution in [3.8, 4) is 0 Å². The molecule has 0 amide bonds. The average molecular weight is 302 g/mol. The van der Waals surface area contributed by atoms with E-state index in [1.54, 1.807) is 18.3 Å². The molecule has 2 aromatic rings. The molecule has 0 spiro atoms. The molecule has 3 rings (SSSR count). The van der Waals surface area contributed by atoms with Crippen molar-refractivity contribution in [3.63, 3.8) is 0 Å². The lowest BCUT2D eigenvalue weighted by Crippen LogP contribution is -2.38. The zero-order chi connectivity index (χ0) is 15.4. The molecule has 3 nitrogen and oxygen atoms in total. The van der Waals surface area contributed by atoms with Crippen LogP contribution in [0.3, 0.4) is 0 Å². The van der Waals surface area contributed by atoms with Crippen molar-refractivity contribution in [2.75, 3.05) is 13.2 Å². The summed E-state index contributed by atoms with van der Waals surface area (Å²) in [6.07, 6.45) is 7.91. The molecule has 1 aliphatic carbocycles. The third-order valence-corrected chi connectivity index (χ3v) is 4.65. The topological polar surface area (TPSA) is 36.4 Å². The Balaban J connectivity index is 1.87. The van der Waals surface area contributed by atoms with E-state index in [2.05, 4.69) is 9.88 Å². The van der Waals surface area contributed by atoms with Crippen LogP contribution >= 0.6 is 0 Å². The van der Waals surface area contributed by atoms with Crippen molar-refractivity contribution in [2.45, 2.75) is 44.7 Å². The Morgan fingerprint density at radius 2 is 2.00 bits per heavy atom. The van der Waals surface area contributed by atoms with Gasteiger partial charge in [0.2, 0.25) is 0 Å². The van der Waals surface area contributed by atoms with E-state index in [1.807, 2.05) is 6.07 Å². The van der Waals surface area contributed by atoms with E-state index in [9.17, 15) is 9.50 Å². The summed E-state index contributed by atoms with van der Waals surface area (Å²) in [6.45, 7) is 1.54. The predicted molar refractivity (Wildman–Crippen MR) is 86.1 cm³/mol. The first-order valence-corrected chi connectivity index (χ1v) is 8.16. The summed E-state index contributed by atoms with van der Waals surface area (Å²) in [4.78, 5) is 6.70. The summed E-state index contributed by atoms with van der Waals surface area (Å²) < 4.78 is 13.9. The monoisotopic (exact) mass is 302 g/mol. The summed E-state index contributed by atoms with van der Waals surface area (Å²) >= 11 is 0. The Bertz CT molecular complexity index is 626. The van der Waals surface area contributed by atoms with Gasteiger partial charge >= 0.3 is 0 Å². The van der Waals surface area contributed by atoms with Crippen molar-refractivity contribution < 1.29 is 9.50 Å². The lowest BCUT2D eigenvalue weighted by atomic mass is 9.93. The van der Waals surface area contributed by atoms with Crippen LogP contribution in [0.2, 0.25) is 0 Å². The second kappa shape index (κ2) is 7.16. The van der Waals surface area contributed by atoms with Gasteiger partial charge in [-0.25, -0.2) is 4.39 Å². The molecular formula is C18H23FN2O. The Labute approximate surface area is 130 Å². The minimum atomic E-state index is -0.224. The molecule has 4 heteroatoms. The minimum Gasteiger partial charge on any atom is -0.395 e. The van der Waals surface area contributed by atoms with Gasteiger partial charge in [-0.1, -0.05) is 25.3 Å². The molecule has 0 saturated heterocycles. The number of rotatable bonds is 5. The lowest BCUT2D eigenvalue weighted by molar-refractivity contribution is 0.117. The van der Waals surface area contributed by atoms with E-state index in [1.165, 1.54) is 38.2 Å². The van der Waals surface area contributed by atoms with Gasteiger partial charge in [0.15, 0.2) is 0 Å². The second-order valence-electron chi connectivity index (χ2n) is 6.09. The highest BCUT2D eigenvalue weighted by atomic mass is 19.1. The molecule has 1 saturated carbocycles. The highest BCUT2D eigenvalue weighted by molar-refractivity contribution is 5.82. The maximum atomic E-state index is 13.9. The van der Waals surface area contributed by atoms with Crippen LogP contribution in [-0.2, 0) is 6.54 Å². The number of pyridine rings is 1. The van der Waals surface area contributed by atoms with Crippen LogP contribution in [0.1, 0.15) is 37.7 Å². The second-order valence-corrected chi connectivity index (χ2v) is 6.09. The molecule has 1 aromatic heterocycles. The standard InChI is InChI=1S/C18H23FN2O/c19-17-9-8-14(18-16(17)7-4-10-20-18)13-21(11-12-22)15-5-2-1-3-6-15/h4,7-10,15,22H,1-3,5-6,11-13H2. The average Bonchev–Trinajstić information content (AvgIpc) is 2.58. The molecule has 0 unspecified atom stereocenters. The number of hydrogen-bond acceptors (Lipinski definition) is 3. The molecule has 0 bridgehead atoms. The molecular weight excluding hydrogens is 279 g/mol. The fourth-order valence-corrected chi connectivity index (χ4v) is 3.51. The number of fused-ring (bicyclic) bond motifs is 1. The van der Waals surface area contributed by atoms with Crippen LogP contribution in [0.4, 0.5) is 4.39 Å². The minimum absolute atomic E-state index is 0.156. The smallest absolute Gasteiger partial charge is 0.132 e. The summed E-state index contributed by atoms with van der Waals surface area (Å²) in [5, 5.41) is 9.96. The Kier molecular flexibility index (Phi) is 5.01. The number of halogens is 1. The van der Waals surface area contributed by atoms with E-state index < -0.39 is 0 Å². The zero-order valence-corrected chi connectivity index (χ0v) is 12.8. The normalized spacial score (nSPS) is 16.5. The van der Waals surface area contributed by atoms with E-state index in [0.717, 1.165) is 17.6 Å². The fourth-order valence-electron chi connectivity index (χ4n) is 3.51. The molecule has 118 valence electrons. The van der Waals surface area contributed by atoms with Gasteiger partial charge in [0.25, 0.3) is 0 Å². The molecule has 1 aliphatic rings. The van der Waals surface area contributed by atoms with Gasteiger partial charge in [-0.2, -0.15) is 0 Å². The van der Waals surface area contributed by atoms with Crippen molar-refractivity contribution in [3.05, 3.63) is 41.8 Å². The third kappa shape index (κ3) is 3.28. The van der Waals surface area contributed by atoms with Crippen molar-refractivity contribution in [1.82, 2.24) is 9.88 Å². The summed E-state index contributed by atoms with van der Waals surface area (Å²) in [7, 11) is 0. The summed E-state index contributed by atoms with van der Waals surface area (Å²) in [5.74, 6) is -0.224. The van der Waals surface area contributed by atoms with Crippen LogP contribution in [0.5, 0.6) is 0 Å². The van der Waals surface area contributed by atoms with Gasteiger partial charge in [-0.3, -0.25) is 9.88 Å². The van der Waals surface area contributed by atoms with Crippen molar-refractivity contribution in [1.29, 1.82) is 0 Å². The first-order valence-electron chi connectivity index (χ1n) is 8.16. The van der Waals surface area contributed by atoms with Gasteiger partial charge < -0.3 is 5.11 Å². The SMILES string of the molecule is OCCN(Cc1ccc(F)c2cccnc12)C1CCCCC1. The van der Waals surface area contributed by atoms with Crippen LogP contribution < -0.4 is 0 Å². The van der Waals surface area contributed by atoms with E-state index in [4.69, 9.17) is 0 Å². The first-order chi connectivity index (χ1) is 10.8. The van der Waals surface area contributed by atoms with Crippen molar-refractivity contribution in [2.24, 2.45) is 0 Å².